The number of benzene rings is 1. The Morgan fingerprint density at radius 1 is 1.13 bits per heavy atom. The summed E-state index contributed by atoms with van der Waals surface area (Å²) in [6.45, 7) is 0.315. The average molecular weight is 208 g/mol. The smallest absolute Gasteiger partial charge is 0.134 e. The second kappa shape index (κ2) is 3.82. The van der Waals surface area contributed by atoms with Crippen LogP contribution in [0.5, 0.6) is 0 Å². The van der Waals surface area contributed by atoms with E-state index in [1.54, 1.807) is 12.4 Å². The maximum Gasteiger partial charge on any atom is 0.134 e. The highest BCUT2D eigenvalue weighted by Gasteiger charge is 2.10. The maximum atomic E-state index is 13.4. The number of aromatic nitrogens is 1. The number of nitrogens with two attached hydrogens (primary N) is 1. The molecule has 0 saturated heterocycles. The van der Waals surface area contributed by atoms with E-state index in [4.69, 9.17) is 5.73 Å². The van der Waals surface area contributed by atoms with Crippen LogP contribution in [0.3, 0.4) is 0 Å². The first-order valence-electron chi connectivity index (χ1n) is 4.53. The Morgan fingerprint density at radius 3 is 2.60 bits per heavy atom. The van der Waals surface area contributed by atoms with Crippen LogP contribution >= 0.6 is 0 Å². The minimum Gasteiger partial charge on any atom is -0.367 e. The van der Waals surface area contributed by atoms with Crippen molar-refractivity contribution in [2.75, 3.05) is 0 Å². The van der Waals surface area contributed by atoms with Gasteiger partial charge in [0.25, 0.3) is 0 Å². The normalized spacial score (nSPS) is 10.6. The molecule has 78 valence electrons. The average Bonchev–Trinajstić information content (AvgIpc) is 2.65. The van der Waals surface area contributed by atoms with Crippen molar-refractivity contribution >= 4 is 0 Å². The Kier molecular flexibility index (Phi) is 2.51. The van der Waals surface area contributed by atoms with Gasteiger partial charge in [0.1, 0.15) is 11.6 Å². The van der Waals surface area contributed by atoms with Crippen LogP contribution in [-0.4, -0.2) is 4.98 Å². The lowest BCUT2D eigenvalue weighted by Gasteiger charge is -2.03. The number of rotatable bonds is 2. The van der Waals surface area contributed by atoms with Gasteiger partial charge < -0.3 is 10.7 Å². The molecule has 15 heavy (non-hydrogen) atoms. The zero-order valence-electron chi connectivity index (χ0n) is 7.93. The first-order valence-corrected chi connectivity index (χ1v) is 4.53. The van der Waals surface area contributed by atoms with Crippen LogP contribution in [0.1, 0.15) is 5.56 Å². The molecule has 3 N–H and O–H groups in total. The van der Waals surface area contributed by atoms with Crippen LogP contribution in [0.2, 0.25) is 0 Å². The van der Waals surface area contributed by atoms with Crippen LogP contribution < -0.4 is 5.73 Å². The Balaban J connectivity index is 2.54. The fraction of sp³-hybridized carbons (Fsp3) is 0.0909. The number of nitrogens with one attached hydrogen (secondary N) is 1. The first-order chi connectivity index (χ1) is 7.22. The molecule has 0 fully saturated rings. The van der Waals surface area contributed by atoms with Gasteiger partial charge in [0.2, 0.25) is 0 Å². The third kappa shape index (κ3) is 1.76. The molecule has 0 unspecified atom stereocenters. The van der Waals surface area contributed by atoms with Crippen molar-refractivity contribution < 1.29 is 8.78 Å². The molecular weight excluding hydrogens is 198 g/mol. The maximum absolute atomic E-state index is 13.4. The summed E-state index contributed by atoms with van der Waals surface area (Å²) in [4.78, 5) is 2.85. The van der Waals surface area contributed by atoms with Crippen molar-refractivity contribution in [2.24, 2.45) is 5.73 Å². The molecule has 2 nitrogen and oxygen atoms in total. The molecule has 0 bridgehead atoms. The SMILES string of the molecule is NCc1c[nH]cc1-c1ccc(F)cc1F. The Bertz CT molecular complexity index is 477. The van der Waals surface area contributed by atoms with Gasteiger partial charge in [0, 0.05) is 36.1 Å². The lowest BCUT2D eigenvalue weighted by Crippen LogP contribution is -1.97. The summed E-state index contributed by atoms with van der Waals surface area (Å²) in [5.41, 5.74) is 7.34. The molecule has 1 heterocycles. The second-order valence-electron chi connectivity index (χ2n) is 3.22. The summed E-state index contributed by atoms with van der Waals surface area (Å²) >= 11 is 0. The summed E-state index contributed by atoms with van der Waals surface area (Å²) in [5.74, 6) is -1.16. The van der Waals surface area contributed by atoms with E-state index >= 15 is 0 Å². The Hall–Kier alpha value is -1.68. The van der Waals surface area contributed by atoms with E-state index in [9.17, 15) is 8.78 Å². The fourth-order valence-electron chi connectivity index (χ4n) is 1.52. The number of hydrogen-bond donors (Lipinski definition) is 2. The van der Waals surface area contributed by atoms with E-state index in [1.807, 2.05) is 0 Å². The molecule has 2 rings (SSSR count). The highest BCUT2D eigenvalue weighted by molar-refractivity contribution is 5.67. The Morgan fingerprint density at radius 2 is 1.93 bits per heavy atom. The Labute approximate surface area is 85.7 Å². The van der Waals surface area contributed by atoms with E-state index in [2.05, 4.69) is 4.98 Å². The zero-order chi connectivity index (χ0) is 10.8. The molecule has 2 aromatic rings. The van der Waals surface area contributed by atoms with E-state index in [1.165, 1.54) is 12.1 Å². The topological polar surface area (TPSA) is 41.8 Å². The third-order valence-corrected chi connectivity index (χ3v) is 2.27. The van der Waals surface area contributed by atoms with Gasteiger partial charge in [-0.2, -0.15) is 0 Å². The lowest BCUT2D eigenvalue weighted by atomic mass is 10.0. The minimum absolute atomic E-state index is 0.315. The van der Waals surface area contributed by atoms with E-state index in [0.717, 1.165) is 11.6 Å². The van der Waals surface area contributed by atoms with Crippen LogP contribution in [0, 0.1) is 11.6 Å². The molecule has 4 heteroatoms. The molecule has 0 atom stereocenters. The second-order valence-corrected chi connectivity index (χ2v) is 3.22. The molecule has 0 amide bonds. The molecule has 0 radical (unpaired) electrons. The fourth-order valence-corrected chi connectivity index (χ4v) is 1.52. The van der Waals surface area contributed by atoms with Gasteiger partial charge in [-0.25, -0.2) is 8.78 Å². The van der Waals surface area contributed by atoms with Crippen molar-refractivity contribution in [3.8, 4) is 11.1 Å². The zero-order valence-corrected chi connectivity index (χ0v) is 7.93. The lowest BCUT2D eigenvalue weighted by molar-refractivity contribution is 0.585. The van der Waals surface area contributed by atoms with Crippen molar-refractivity contribution in [1.82, 2.24) is 4.98 Å². The summed E-state index contributed by atoms with van der Waals surface area (Å²) < 4.78 is 26.1. The number of H-pyrrole nitrogens is 1. The van der Waals surface area contributed by atoms with E-state index in [0.29, 0.717) is 17.7 Å². The number of halogens is 2. The highest BCUT2D eigenvalue weighted by Crippen LogP contribution is 2.26. The highest BCUT2D eigenvalue weighted by atomic mass is 19.1. The van der Waals surface area contributed by atoms with E-state index < -0.39 is 11.6 Å². The molecule has 0 aliphatic rings. The third-order valence-electron chi connectivity index (χ3n) is 2.27. The summed E-state index contributed by atoms with van der Waals surface area (Å²) in [7, 11) is 0. The monoisotopic (exact) mass is 208 g/mol. The van der Waals surface area contributed by atoms with E-state index in [-0.39, 0.29) is 0 Å². The van der Waals surface area contributed by atoms with Gasteiger partial charge in [0.05, 0.1) is 0 Å². The first kappa shape index (κ1) is 9.86. The van der Waals surface area contributed by atoms with Crippen LogP contribution in [0.25, 0.3) is 11.1 Å². The van der Waals surface area contributed by atoms with Crippen LogP contribution in [-0.2, 0) is 6.54 Å². The molecule has 1 aromatic heterocycles. The van der Waals surface area contributed by atoms with Crippen molar-refractivity contribution in [3.05, 3.63) is 47.8 Å². The predicted octanol–water partition coefficient (Wildman–Crippen LogP) is 2.42. The number of aromatic amines is 1. The standard InChI is InChI=1S/C11H10F2N2/c12-8-1-2-9(11(13)3-8)10-6-15-5-7(10)4-14/h1-3,5-6,15H,4,14H2. The molecule has 1 aromatic carbocycles. The predicted molar refractivity (Wildman–Crippen MR) is 54.0 cm³/mol. The molecule has 0 saturated carbocycles. The number of hydrogen-bond acceptors (Lipinski definition) is 1. The van der Waals surface area contributed by atoms with Gasteiger partial charge >= 0.3 is 0 Å². The van der Waals surface area contributed by atoms with Crippen LogP contribution in [0.15, 0.2) is 30.6 Å². The van der Waals surface area contributed by atoms with Crippen LogP contribution in [0.4, 0.5) is 8.78 Å². The minimum atomic E-state index is -0.582. The summed E-state index contributed by atoms with van der Waals surface area (Å²) in [6.07, 6.45) is 3.36. The van der Waals surface area contributed by atoms with Crippen molar-refractivity contribution in [3.63, 3.8) is 0 Å². The summed E-state index contributed by atoms with van der Waals surface area (Å²) in [6, 6.07) is 3.50. The van der Waals surface area contributed by atoms with Gasteiger partial charge in [-0.3, -0.25) is 0 Å². The van der Waals surface area contributed by atoms with Crippen molar-refractivity contribution in [2.45, 2.75) is 6.54 Å². The molecule has 0 spiro atoms. The van der Waals surface area contributed by atoms with Gasteiger partial charge in [-0.1, -0.05) is 0 Å². The quantitative estimate of drug-likeness (QED) is 0.781. The molecule has 0 aliphatic heterocycles. The summed E-state index contributed by atoms with van der Waals surface area (Å²) in [5, 5.41) is 0. The molecular formula is C11H10F2N2. The largest absolute Gasteiger partial charge is 0.367 e. The van der Waals surface area contributed by atoms with Crippen molar-refractivity contribution in [1.29, 1.82) is 0 Å². The van der Waals surface area contributed by atoms with Gasteiger partial charge in [-0.15, -0.1) is 0 Å². The van der Waals surface area contributed by atoms with Gasteiger partial charge in [-0.05, 0) is 17.7 Å². The van der Waals surface area contributed by atoms with Gasteiger partial charge in [0.15, 0.2) is 0 Å². The molecule has 0 aliphatic carbocycles.